The van der Waals surface area contributed by atoms with E-state index in [1.165, 1.54) is 0 Å². The normalized spacial score (nSPS) is 12.6. The minimum atomic E-state index is -0.854. The van der Waals surface area contributed by atoms with Crippen LogP contribution >= 0.6 is 0 Å². The van der Waals surface area contributed by atoms with Gasteiger partial charge in [-0.15, -0.1) is 0 Å². The fourth-order valence-electron chi connectivity index (χ4n) is 2.57. The van der Waals surface area contributed by atoms with Gasteiger partial charge in [-0.1, -0.05) is 19.1 Å². The zero-order chi connectivity index (χ0) is 22.2. The quantitative estimate of drug-likeness (QED) is 0.470. The summed E-state index contributed by atoms with van der Waals surface area (Å²) >= 11 is 0. The smallest absolute Gasteiger partial charge is 0.251 e. The number of methoxy groups -OCH3 is 2. The lowest BCUT2D eigenvalue weighted by molar-refractivity contribution is -0.123. The van der Waals surface area contributed by atoms with Crippen LogP contribution in [0.4, 0.5) is 0 Å². The van der Waals surface area contributed by atoms with Crippen LogP contribution in [0.2, 0.25) is 0 Å². The molecule has 1 aromatic carbocycles. The number of hydrogen-bond donors (Lipinski definition) is 2. The van der Waals surface area contributed by atoms with Gasteiger partial charge < -0.3 is 20.1 Å². The van der Waals surface area contributed by atoms with Crippen molar-refractivity contribution in [3.05, 3.63) is 35.4 Å². The van der Waals surface area contributed by atoms with Gasteiger partial charge in [0.2, 0.25) is 5.91 Å². The van der Waals surface area contributed by atoms with Crippen molar-refractivity contribution < 1.29 is 26.6 Å². The first-order valence-corrected chi connectivity index (χ1v) is 9.45. The van der Waals surface area contributed by atoms with Crippen LogP contribution in [0.15, 0.2) is 24.3 Å². The number of benzene rings is 1. The van der Waals surface area contributed by atoms with E-state index in [1.807, 2.05) is 19.1 Å². The molecule has 2 N–H and O–H groups in total. The van der Waals surface area contributed by atoms with Gasteiger partial charge >= 0.3 is 0 Å². The Hall–Kier alpha value is -2.25. The summed E-state index contributed by atoms with van der Waals surface area (Å²) in [7, 11) is -0.326. The van der Waals surface area contributed by atoms with E-state index in [2.05, 4.69) is 10.6 Å². The molecule has 0 spiro atoms. The van der Waals surface area contributed by atoms with Crippen LogP contribution in [-0.4, -0.2) is 57.6 Å². The molecule has 0 unspecified atom stereocenters. The van der Waals surface area contributed by atoms with Crippen LogP contribution in [0.5, 0.6) is 0 Å². The molecule has 0 heterocycles. The molecule has 0 fully saturated rings. The lowest BCUT2D eigenvalue weighted by Crippen LogP contribution is -2.47. The molecule has 28 heavy (non-hydrogen) atoms. The predicted molar refractivity (Wildman–Crippen MR) is 107 cm³/mol. The fraction of sp³-hybridized carbons (Fsp3) is 0.571. The topological polar surface area (TPSA) is 93.7 Å². The average molecular weight is 395 g/mol. The summed E-state index contributed by atoms with van der Waals surface area (Å²) in [6.07, 6.45) is 2.02. The number of amides is 2. The number of Topliss-reactive ketones (excluding diaryl/α,β-unsaturated/α-hetero) is 1. The monoisotopic (exact) mass is 394 g/mol. The molecule has 0 aromatic heterocycles. The largest absolute Gasteiger partial charge is 0.385 e. The number of hydrogen-bond acceptors (Lipinski definition) is 5. The predicted octanol–water partition coefficient (Wildman–Crippen LogP) is 1.89. The Morgan fingerprint density at radius 2 is 1.79 bits per heavy atom. The summed E-state index contributed by atoms with van der Waals surface area (Å²) < 4.78 is 23.6. The molecule has 2 amide bonds. The number of rotatable bonds is 14. The van der Waals surface area contributed by atoms with E-state index in [1.54, 1.807) is 12.1 Å². The van der Waals surface area contributed by atoms with E-state index >= 15 is 0 Å². The summed E-state index contributed by atoms with van der Waals surface area (Å²) in [6, 6.07) is 6.30. The van der Waals surface area contributed by atoms with Crippen LogP contribution in [0.3, 0.4) is 0 Å². The number of carbonyl (C=O) groups excluding carboxylic acids is 3. The Labute approximate surface area is 170 Å². The molecule has 0 aliphatic carbocycles. The summed E-state index contributed by atoms with van der Waals surface area (Å²) in [5.41, 5.74) is 1.55. The zero-order valence-corrected chi connectivity index (χ0v) is 16.5. The van der Waals surface area contributed by atoms with E-state index in [9.17, 15) is 14.4 Å². The van der Waals surface area contributed by atoms with Gasteiger partial charge in [0, 0.05) is 45.7 Å². The van der Waals surface area contributed by atoms with Crippen molar-refractivity contribution in [1.29, 1.82) is 0 Å². The summed E-state index contributed by atoms with van der Waals surface area (Å²) in [4.78, 5) is 37.1. The van der Waals surface area contributed by atoms with E-state index < -0.39 is 11.9 Å². The van der Waals surface area contributed by atoms with E-state index in [-0.39, 0.29) is 51.9 Å². The van der Waals surface area contributed by atoms with Crippen LogP contribution in [0.1, 0.15) is 51.3 Å². The third-order valence-electron chi connectivity index (χ3n) is 4.25. The van der Waals surface area contributed by atoms with Gasteiger partial charge in [0.15, 0.2) is 0 Å². The van der Waals surface area contributed by atoms with Crippen molar-refractivity contribution in [1.82, 2.24) is 10.6 Å². The average Bonchev–Trinajstić information content (AvgIpc) is 2.76. The van der Waals surface area contributed by atoms with Crippen molar-refractivity contribution in [2.24, 2.45) is 0 Å². The molecule has 0 radical (unpaired) electrons. The molecule has 0 saturated carbocycles. The summed E-state index contributed by atoms with van der Waals surface area (Å²) in [5, 5.41) is 5.37. The molecular formula is C21H32N2O5. The van der Waals surface area contributed by atoms with Crippen molar-refractivity contribution in [3.63, 3.8) is 0 Å². The number of carbonyl (C=O) groups is 3. The summed E-state index contributed by atoms with van der Waals surface area (Å²) in [5.74, 6) is -0.801. The maximum absolute atomic E-state index is 12.6. The molecule has 0 aliphatic heterocycles. The first-order chi connectivity index (χ1) is 14.5. The van der Waals surface area contributed by atoms with Crippen molar-refractivity contribution in [3.8, 4) is 0 Å². The highest BCUT2D eigenvalue weighted by Gasteiger charge is 2.22. The minimum Gasteiger partial charge on any atom is -0.385 e. The number of aryl methyl sites for hydroxylation is 1. The van der Waals surface area contributed by atoms with Gasteiger partial charge in [0.25, 0.3) is 5.91 Å². The molecule has 0 aliphatic rings. The molecule has 1 aromatic rings. The highest BCUT2D eigenvalue weighted by molar-refractivity contribution is 5.97. The first kappa shape index (κ1) is 20.5. The Morgan fingerprint density at radius 1 is 1.07 bits per heavy atom. The summed E-state index contributed by atoms with van der Waals surface area (Å²) in [6.45, 7) is 2.78. The van der Waals surface area contributed by atoms with E-state index in [4.69, 9.17) is 12.2 Å². The van der Waals surface area contributed by atoms with Crippen LogP contribution < -0.4 is 10.6 Å². The molecule has 0 bridgehead atoms. The van der Waals surface area contributed by atoms with Gasteiger partial charge in [-0.2, -0.15) is 0 Å². The van der Waals surface area contributed by atoms with Gasteiger partial charge in [-0.25, -0.2) is 0 Å². The number of ketones is 1. The second-order valence-electron chi connectivity index (χ2n) is 6.36. The van der Waals surface area contributed by atoms with Crippen LogP contribution in [0, 0.1) is 0 Å². The Balaban J connectivity index is 2.65. The van der Waals surface area contributed by atoms with Crippen molar-refractivity contribution >= 4 is 17.6 Å². The van der Waals surface area contributed by atoms with E-state index in [0.717, 1.165) is 12.0 Å². The van der Waals surface area contributed by atoms with Crippen molar-refractivity contribution in [2.75, 3.05) is 33.9 Å². The number of ether oxygens (including phenoxy) is 2. The Kier molecular flexibility index (Phi) is 10.1. The third kappa shape index (κ3) is 9.10. The number of nitrogens with one attached hydrogen (secondary N) is 2. The van der Waals surface area contributed by atoms with Gasteiger partial charge in [-0.05, 0) is 37.0 Å². The maximum Gasteiger partial charge on any atom is 0.251 e. The second kappa shape index (κ2) is 13.8. The molecule has 156 valence electrons. The first-order valence-electron chi connectivity index (χ1n) is 10.9. The highest BCUT2D eigenvalue weighted by atomic mass is 16.5. The molecule has 1 rings (SSSR count). The van der Waals surface area contributed by atoms with Crippen LogP contribution in [0.25, 0.3) is 0 Å². The Morgan fingerprint density at radius 3 is 2.46 bits per heavy atom. The highest BCUT2D eigenvalue weighted by Crippen LogP contribution is 2.08. The van der Waals surface area contributed by atoms with Gasteiger partial charge in [0.05, 0.1) is 9.35 Å². The standard InChI is InChI=1S/C21H32N2O5/c1-4-16-7-9-17(10-8-16)20(25)23-19(21(26)22-13-15-28-3)12-11-18(24)6-5-14-27-2/h7-10,19H,4-6,11-15H2,1-3H3,(H,22,26)(H,23,25)/t19-/m0/s1/i2D,3D. The third-order valence-corrected chi connectivity index (χ3v) is 4.25. The van der Waals surface area contributed by atoms with E-state index in [0.29, 0.717) is 25.0 Å². The van der Waals surface area contributed by atoms with Gasteiger partial charge in [0.1, 0.15) is 11.8 Å². The molecule has 0 saturated heterocycles. The Bertz CT molecular complexity index is 655. The van der Waals surface area contributed by atoms with Gasteiger partial charge in [-0.3, -0.25) is 14.4 Å². The van der Waals surface area contributed by atoms with Crippen molar-refractivity contribution in [2.45, 2.75) is 45.1 Å². The molecule has 7 heteroatoms. The second-order valence-corrected chi connectivity index (χ2v) is 6.36. The molecule has 1 atom stereocenters. The zero-order valence-electron chi connectivity index (χ0n) is 18.5. The molecule has 7 nitrogen and oxygen atoms in total. The van der Waals surface area contributed by atoms with Crippen LogP contribution in [-0.2, 0) is 25.5 Å². The lowest BCUT2D eigenvalue weighted by atomic mass is 10.0. The molecular weight excluding hydrogens is 360 g/mol. The maximum atomic E-state index is 12.6. The fourth-order valence-corrected chi connectivity index (χ4v) is 2.57. The SMILES string of the molecule is [2H]COCCCC(=O)CC[C@H](NC(=O)c1ccc(CC)cc1)C(=O)NCCOC[2H]. The lowest BCUT2D eigenvalue weighted by Gasteiger charge is -2.18. The minimum absolute atomic E-state index is 0.0273.